The van der Waals surface area contributed by atoms with E-state index in [2.05, 4.69) is 42.6 Å². The molecule has 0 saturated carbocycles. The average molecular weight is 544 g/mol. The zero-order valence-corrected chi connectivity index (χ0v) is 22.9. The summed E-state index contributed by atoms with van der Waals surface area (Å²) in [4.78, 5) is 19.3. The number of anilines is 2. The molecule has 5 rings (SSSR count). The van der Waals surface area contributed by atoms with Crippen molar-refractivity contribution in [2.24, 2.45) is 0 Å². The minimum absolute atomic E-state index is 0.195. The Hall–Kier alpha value is -4.40. The number of ether oxygens (including phenoxy) is 2. The van der Waals surface area contributed by atoms with Gasteiger partial charge in [0.05, 0.1) is 31.6 Å². The number of fused-ring (bicyclic) bond motifs is 1. The normalized spacial score (nSPS) is 14.0. The zero-order chi connectivity index (χ0) is 28.0. The summed E-state index contributed by atoms with van der Waals surface area (Å²) in [5.74, 6) is 7.87. The van der Waals surface area contributed by atoms with Crippen molar-refractivity contribution in [3.63, 3.8) is 0 Å². The summed E-state index contributed by atoms with van der Waals surface area (Å²) in [6.07, 6.45) is 4.43. The molecule has 4 heterocycles. The molecular formula is C29H33N7O4. The molecule has 1 saturated heterocycles. The number of rotatable bonds is 7. The molecule has 0 spiro atoms. The molecular weight excluding hydrogens is 510 g/mol. The van der Waals surface area contributed by atoms with Crippen molar-refractivity contribution in [1.82, 2.24) is 24.7 Å². The molecule has 1 aliphatic heterocycles. The van der Waals surface area contributed by atoms with Crippen molar-refractivity contribution in [2.45, 2.75) is 32.6 Å². The van der Waals surface area contributed by atoms with E-state index in [1.165, 1.54) is 0 Å². The van der Waals surface area contributed by atoms with Crippen LogP contribution in [0.1, 0.15) is 44.1 Å². The lowest BCUT2D eigenvalue weighted by molar-refractivity contribution is 0.0357. The number of carbonyl (C=O) groups excluding carboxylic acids is 1. The molecule has 0 radical (unpaired) electrons. The van der Waals surface area contributed by atoms with E-state index in [1.54, 1.807) is 35.0 Å². The van der Waals surface area contributed by atoms with Crippen LogP contribution in [0, 0.1) is 11.8 Å². The highest BCUT2D eigenvalue weighted by molar-refractivity contribution is 5.99. The van der Waals surface area contributed by atoms with Gasteiger partial charge in [-0.1, -0.05) is 37.8 Å². The number of benzene rings is 1. The third kappa shape index (κ3) is 7.16. The van der Waals surface area contributed by atoms with Gasteiger partial charge in [0.1, 0.15) is 5.76 Å². The molecule has 11 nitrogen and oxygen atoms in total. The predicted octanol–water partition coefficient (Wildman–Crippen LogP) is 4.16. The van der Waals surface area contributed by atoms with Crippen molar-refractivity contribution in [3.05, 3.63) is 65.7 Å². The summed E-state index contributed by atoms with van der Waals surface area (Å²) >= 11 is 0. The topological polar surface area (TPSA) is 119 Å². The molecule has 2 N–H and O–H groups in total. The lowest BCUT2D eigenvalue weighted by Crippen LogP contribution is -2.37. The van der Waals surface area contributed by atoms with Crippen molar-refractivity contribution in [3.8, 4) is 17.7 Å². The quantitative estimate of drug-likeness (QED) is 0.264. The highest BCUT2D eigenvalue weighted by Gasteiger charge is 2.20. The van der Waals surface area contributed by atoms with Gasteiger partial charge in [-0.05, 0) is 30.7 Å². The number of carbonyl (C=O) groups is 1. The van der Waals surface area contributed by atoms with Crippen molar-refractivity contribution in [1.29, 1.82) is 0 Å². The van der Waals surface area contributed by atoms with E-state index in [4.69, 9.17) is 14.0 Å². The lowest BCUT2D eigenvalue weighted by atomic mass is 9.93. The van der Waals surface area contributed by atoms with Gasteiger partial charge in [-0.25, -0.2) is 9.31 Å². The number of nitrogens with zero attached hydrogens (tertiary/aromatic N) is 5. The molecule has 4 aromatic rings. The molecule has 0 bridgehead atoms. The first-order valence-corrected chi connectivity index (χ1v) is 13.3. The molecule has 0 atom stereocenters. The number of aromatic nitrogens is 4. The van der Waals surface area contributed by atoms with Crippen LogP contribution in [0.3, 0.4) is 0 Å². The van der Waals surface area contributed by atoms with Crippen molar-refractivity contribution < 1.29 is 18.8 Å². The number of urea groups is 1. The second kappa shape index (κ2) is 12.2. The Morgan fingerprint density at radius 2 is 1.90 bits per heavy atom. The second-order valence-corrected chi connectivity index (χ2v) is 10.5. The molecule has 1 aliphatic rings. The summed E-state index contributed by atoms with van der Waals surface area (Å²) in [5.41, 5.74) is 2.54. The first-order valence-electron chi connectivity index (χ1n) is 13.3. The van der Waals surface area contributed by atoms with Gasteiger partial charge in [-0.3, -0.25) is 10.2 Å². The van der Waals surface area contributed by atoms with E-state index >= 15 is 0 Å². The molecule has 0 aliphatic carbocycles. The van der Waals surface area contributed by atoms with Gasteiger partial charge in [0.25, 0.3) is 0 Å². The van der Waals surface area contributed by atoms with Gasteiger partial charge in [0.15, 0.2) is 11.5 Å². The second-order valence-electron chi connectivity index (χ2n) is 10.5. The first kappa shape index (κ1) is 27.2. The Balaban J connectivity index is 1.15. The fraction of sp³-hybridized carbons (Fsp3) is 0.379. The minimum Gasteiger partial charge on any atom is -0.478 e. The third-order valence-corrected chi connectivity index (χ3v) is 6.29. The maximum absolute atomic E-state index is 12.3. The van der Waals surface area contributed by atoms with Crippen molar-refractivity contribution >= 4 is 23.2 Å². The molecule has 2 amide bonds. The predicted molar refractivity (Wildman–Crippen MR) is 151 cm³/mol. The van der Waals surface area contributed by atoms with Gasteiger partial charge in [0, 0.05) is 54.6 Å². The third-order valence-electron chi connectivity index (χ3n) is 6.29. The van der Waals surface area contributed by atoms with E-state index < -0.39 is 6.03 Å². The SMILES string of the molecule is CC(C)(C)c1cc(NC(=O)Nc2ccc(C#Cc3cnn4ccc(OCCCN5CCOCC5)nc34)cc2)no1. The van der Waals surface area contributed by atoms with Gasteiger partial charge < -0.3 is 19.3 Å². The summed E-state index contributed by atoms with van der Waals surface area (Å²) in [5, 5.41) is 13.7. The number of nitrogens with one attached hydrogen (secondary N) is 2. The minimum atomic E-state index is -0.413. The fourth-order valence-electron chi connectivity index (χ4n) is 4.05. The molecule has 3 aromatic heterocycles. The van der Waals surface area contributed by atoms with Gasteiger partial charge in [-0.15, -0.1) is 0 Å². The number of hydrogen-bond acceptors (Lipinski definition) is 8. The maximum Gasteiger partial charge on any atom is 0.324 e. The molecule has 40 heavy (non-hydrogen) atoms. The van der Waals surface area contributed by atoms with Gasteiger partial charge in [0.2, 0.25) is 5.88 Å². The number of amides is 2. The standard InChI is InChI=1S/C29H33N7O4/c1-29(2,3)24-19-25(34-40-24)32-28(37)31-23-9-6-21(7-10-23)5-8-22-20-30-36-13-11-26(33-27(22)36)39-16-4-12-35-14-17-38-18-15-35/h6-7,9-11,13,19-20H,4,12,14-18H2,1-3H3,(H2,31,32,34,37). The Bertz CT molecular complexity index is 1500. The average Bonchev–Trinajstić information content (AvgIpc) is 3.58. The molecule has 0 unspecified atom stereocenters. The van der Waals surface area contributed by atoms with Crippen LogP contribution in [0.5, 0.6) is 5.88 Å². The van der Waals surface area contributed by atoms with Crippen LogP contribution < -0.4 is 15.4 Å². The number of morpholine rings is 1. The summed E-state index contributed by atoms with van der Waals surface area (Å²) in [6.45, 7) is 11.1. The Morgan fingerprint density at radius 3 is 2.65 bits per heavy atom. The summed E-state index contributed by atoms with van der Waals surface area (Å²) < 4.78 is 18.2. The van der Waals surface area contributed by atoms with Crippen LogP contribution in [0.2, 0.25) is 0 Å². The highest BCUT2D eigenvalue weighted by atomic mass is 16.5. The smallest absolute Gasteiger partial charge is 0.324 e. The summed E-state index contributed by atoms with van der Waals surface area (Å²) in [6, 6.07) is 10.3. The van der Waals surface area contributed by atoms with E-state index in [-0.39, 0.29) is 5.41 Å². The van der Waals surface area contributed by atoms with E-state index in [9.17, 15) is 4.79 Å². The van der Waals surface area contributed by atoms with Crippen LogP contribution >= 0.6 is 0 Å². The summed E-state index contributed by atoms with van der Waals surface area (Å²) in [7, 11) is 0. The van der Waals surface area contributed by atoms with E-state index in [0.717, 1.165) is 44.8 Å². The Kier molecular flexibility index (Phi) is 8.28. The van der Waals surface area contributed by atoms with E-state index in [1.807, 2.05) is 39.1 Å². The number of hydrogen-bond donors (Lipinski definition) is 2. The first-order chi connectivity index (χ1) is 19.3. The Morgan fingerprint density at radius 1 is 1.10 bits per heavy atom. The van der Waals surface area contributed by atoms with E-state index in [0.29, 0.717) is 41.0 Å². The van der Waals surface area contributed by atoms with Crippen LogP contribution in [0.15, 0.2) is 53.3 Å². The van der Waals surface area contributed by atoms with Gasteiger partial charge in [-0.2, -0.15) is 10.1 Å². The fourth-order valence-corrected chi connectivity index (χ4v) is 4.05. The highest BCUT2D eigenvalue weighted by Crippen LogP contribution is 2.24. The van der Waals surface area contributed by atoms with Crippen LogP contribution in [0.25, 0.3) is 5.65 Å². The monoisotopic (exact) mass is 543 g/mol. The van der Waals surface area contributed by atoms with Crippen LogP contribution in [0.4, 0.5) is 16.3 Å². The molecule has 11 heteroatoms. The van der Waals surface area contributed by atoms with Crippen molar-refractivity contribution in [2.75, 3.05) is 50.1 Å². The molecule has 1 aromatic carbocycles. The lowest BCUT2D eigenvalue weighted by Gasteiger charge is -2.26. The van der Waals surface area contributed by atoms with Gasteiger partial charge >= 0.3 is 6.03 Å². The Labute approximate surface area is 232 Å². The molecule has 208 valence electrons. The molecule has 1 fully saturated rings. The van der Waals surface area contributed by atoms with Crippen LogP contribution in [-0.2, 0) is 10.2 Å². The zero-order valence-electron chi connectivity index (χ0n) is 22.9. The maximum atomic E-state index is 12.3. The van der Waals surface area contributed by atoms with Crippen LogP contribution in [-0.4, -0.2) is 70.1 Å². The largest absolute Gasteiger partial charge is 0.478 e.